The van der Waals surface area contributed by atoms with Crippen LogP contribution in [-0.2, 0) is 25.4 Å². The van der Waals surface area contributed by atoms with Crippen molar-refractivity contribution in [2.24, 2.45) is 14.1 Å². The molecule has 0 aliphatic heterocycles. The third-order valence-corrected chi connectivity index (χ3v) is 2.88. The van der Waals surface area contributed by atoms with E-state index in [9.17, 15) is 19.5 Å². The van der Waals surface area contributed by atoms with Crippen LogP contribution in [0.3, 0.4) is 0 Å². The van der Waals surface area contributed by atoms with E-state index in [2.05, 4.69) is 4.98 Å². The Morgan fingerprint density at radius 2 is 1.94 bits per heavy atom. The van der Waals surface area contributed by atoms with Crippen LogP contribution in [0, 0.1) is 0 Å². The molecule has 0 atom stereocenters. The molecule has 18 heavy (non-hydrogen) atoms. The first-order valence-electron chi connectivity index (χ1n) is 4.86. The standard InChI is InChI=1S/C9H9ClN4O4/c1-12-6-5(7(17)13(2)9(12)18)14(3-4(15)16)8(10)11-6/h3H2,1-2H3,(H,15,16)/p-1. The number of aryl methyl sites for hydroxylation is 1. The predicted octanol–water partition coefficient (Wildman–Crippen LogP) is -2.16. The Kier molecular flexibility index (Phi) is 2.74. The van der Waals surface area contributed by atoms with Gasteiger partial charge in [-0.05, 0) is 11.6 Å². The van der Waals surface area contributed by atoms with E-state index in [-0.39, 0.29) is 16.4 Å². The van der Waals surface area contributed by atoms with Gasteiger partial charge in [-0.3, -0.25) is 13.9 Å². The average molecular weight is 272 g/mol. The molecule has 8 nitrogen and oxygen atoms in total. The van der Waals surface area contributed by atoms with Gasteiger partial charge in [-0.2, -0.15) is 4.98 Å². The molecule has 0 fully saturated rings. The number of aliphatic carboxylic acids is 1. The number of hydrogen-bond donors (Lipinski definition) is 0. The molecule has 2 aromatic rings. The van der Waals surface area contributed by atoms with Crippen molar-refractivity contribution in [1.29, 1.82) is 0 Å². The van der Waals surface area contributed by atoms with Gasteiger partial charge in [0.2, 0.25) is 5.28 Å². The number of fused-ring (bicyclic) bond motifs is 1. The molecule has 0 aliphatic carbocycles. The Morgan fingerprint density at radius 3 is 2.50 bits per heavy atom. The SMILES string of the molecule is Cn1c(=O)c2c(nc(Cl)n2CC(=O)[O-])n(C)c1=O. The Morgan fingerprint density at radius 1 is 1.33 bits per heavy atom. The monoisotopic (exact) mass is 271 g/mol. The van der Waals surface area contributed by atoms with E-state index in [4.69, 9.17) is 11.6 Å². The van der Waals surface area contributed by atoms with Gasteiger partial charge in [-0.15, -0.1) is 0 Å². The fourth-order valence-electron chi connectivity index (χ4n) is 1.69. The number of halogens is 1. The maximum absolute atomic E-state index is 11.9. The fourth-order valence-corrected chi connectivity index (χ4v) is 1.92. The lowest BCUT2D eigenvalue weighted by Crippen LogP contribution is -2.38. The van der Waals surface area contributed by atoms with Gasteiger partial charge in [0.15, 0.2) is 11.2 Å². The molecule has 2 rings (SSSR count). The van der Waals surface area contributed by atoms with E-state index >= 15 is 0 Å². The molecule has 0 unspecified atom stereocenters. The van der Waals surface area contributed by atoms with Gasteiger partial charge in [0, 0.05) is 14.1 Å². The van der Waals surface area contributed by atoms with E-state index in [1.807, 2.05) is 0 Å². The lowest BCUT2D eigenvalue weighted by atomic mass is 10.5. The summed E-state index contributed by atoms with van der Waals surface area (Å²) >= 11 is 5.76. The molecule has 96 valence electrons. The molecule has 0 aromatic carbocycles. The maximum Gasteiger partial charge on any atom is 0.332 e. The van der Waals surface area contributed by atoms with Gasteiger partial charge in [-0.25, -0.2) is 4.79 Å². The zero-order valence-electron chi connectivity index (χ0n) is 9.51. The van der Waals surface area contributed by atoms with E-state index in [0.29, 0.717) is 0 Å². The van der Waals surface area contributed by atoms with Crippen LogP contribution in [0.25, 0.3) is 11.2 Å². The van der Waals surface area contributed by atoms with Crippen LogP contribution in [-0.4, -0.2) is 24.7 Å². The summed E-state index contributed by atoms with van der Waals surface area (Å²) in [5, 5.41) is 10.4. The molecule has 0 spiro atoms. The van der Waals surface area contributed by atoms with Gasteiger partial charge in [-0.1, -0.05) is 0 Å². The number of rotatable bonds is 2. The van der Waals surface area contributed by atoms with Crippen molar-refractivity contribution in [3.05, 3.63) is 26.1 Å². The summed E-state index contributed by atoms with van der Waals surface area (Å²) in [6, 6.07) is 0. The Bertz CT molecular complexity index is 769. The number of aromatic nitrogens is 4. The van der Waals surface area contributed by atoms with Crippen LogP contribution >= 0.6 is 11.6 Å². The number of nitrogens with zero attached hydrogens (tertiary/aromatic N) is 4. The molecule has 2 heterocycles. The number of carbonyl (C=O) groups is 1. The van der Waals surface area contributed by atoms with Crippen LogP contribution in [0.4, 0.5) is 0 Å². The molecule has 0 radical (unpaired) electrons. The molecule has 0 saturated carbocycles. The number of hydrogen-bond acceptors (Lipinski definition) is 5. The summed E-state index contributed by atoms with van der Waals surface area (Å²) in [5.74, 6) is -1.41. The Hall–Kier alpha value is -2.09. The molecule has 0 aliphatic rings. The highest BCUT2D eigenvalue weighted by Crippen LogP contribution is 2.14. The first-order chi connectivity index (χ1) is 8.34. The first-order valence-corrected chi connectivity index (χ1v) is 5.24. The zero-order chi connectivity index (χ0) is 13.6. The van der Waals surface area contributed by atoms with Crippen molar-refractivity contribution >= 4 is 28.7 Å². The highest BCUT2D eigenvalue weighted by atomic mass is 35.5. The van der Waals surface area contributed by atoms with Crippen molar-refractivity contribution in [1.82, 2.24) is 18.7 Å². The number of imidazole rings is 1. The second kappa shape index (κ2) is 3.98. The Balaban J connectivity index is 2.99. The van der Waals surface area contributed by atoms with Crippen LogP contribution in [0.5, 0.6) is 0 Å². The molecule has 0 N–H and O–H groups in total. The van der Waals surface area contributed by atoms with E-state index in [1.165, 1.54) is 14.1 Å². The number of carboxylic acid groups (broad SMARTS) is 1. The van der Waals surface area contributed by atoms with Gasteiger partial charge in [0.1, 0.15) is 0 Å². The smallest absolute Gasteiger partial charge is 0.332 e. The molecule has 2 aromatic heterocycles. The van der Waals surface area contributed by atoms with E-state index in [0.717, 1.165) is 13.7 Å². The molecule has 0 amide bonds. The minimum atomic E-state index is -1.41. The van der Waals surface area contributed by atoms with Crippen LogP contribution in [0.15, 0.2) is 9.59 Å². The van der Waals surface area contributed by atoms with Gasteiger partial charge in [0.25, 0.3) is 5.56 Å². The van der Waals surface area contributed by atoms with Crippen LogP contribution in [0.2, 0.25) is 5.28 Å². The van der Waals surface area contributed by atoms with Crippen molar-refractivity contribution in [3.8, 4) is 0 Å². The van der Waals surface area contributed by atoms with Crippen molar-refractivity contribution in [2.45, 2.75) is 6.54 Å². The highest BCUT2D eigenvalue weighted by molar-refractivity contribution is 6.29. The molecular weight excluding hydrogens is 264 g/mol. The third-order valence-electron chi connectivity index (χ3n) is 2.59. The van der Waals surface area contributed by atoms with E-state index in [1.54, 1.807) is 0 Å². The second-order valence-electron chi connectivity index (χ2n) is 3.72. The minimum Gasteiger partial charge on any atom is -0.548 e. The van der Waals surface area contributed by atoms with Crippen molar-refractivity contribution in [3.63, 3.8) is 0 Å². The summed E-state index contributed by atoms with van der Waals surface area (Å²) in [6.45, 7) is -0.608. The third kappa shape index (κ3) is 1.61. The van der Waals surface area contributed by atoms with Gasteiger partial charge < -0.3 is 14.5 Å². The summed E-state index contributed by atoms with van der Waals surface area (Å²) < 4.78 is 2.97. The molecule has 0 saturated heterocycles. The van der Waals surface area contributed by atoms with Crippen molar-refractivity contribution < 1.29 is 9.90 Å². The molecule has 9 heteroatoms. The molecular formula is C9H8ClN4O4-. The lowest BCUT2D eigenvalue weighted by Gasteiger charge is -2.07. The van der Waals surface area contributed by atoms with E-state index < -0.39 is 23.8 Å². The van der Waals surface area contributed by atoms with Crippen LogP contribution in [0.1, 0.15) is 0 Å². The summed E-state index contributed by atoms with van der Waals surface area (Å²) in [4.78, 5) is 38.0. The molecule has 0 bridgehead atoms. The predicted molar refractivity (Wildman–Crippen MR) is 60.2 cm³/mol. The summed E-state index contributed by atoms with van der Waals surface area (Å²) in [6.07, 6.45) is 0. The quantitative estimate of drug-likeness (QED) is 0.579. The highest BCUT2D eigenvalue weighted by Gasteiger charge is 2.17. The fraction of sp³-hybridized carbons (Fsp3) is 0.333. The Labute approximate surface area is 105 Å². The number of carboxylic acids is 1. The number of carbonyl (C=O) groups excluding carboxylic acids is 1. The normalized spacial score (nSPS) is 11.1. The maximum atomic E-state index is 11.9. The van der Waals surface area contributed by atoms with Crippen LogP contribution < -0.4 is 16.4 Å². The van der Waals surface area contributed by atoms with Gasteiger partial charge >= 0.3 is 5.69 Å². The topological polar surface area (TPSA) is 102 Å². The second-order valence-corrected chi connectivity index (χ2v) is 4.06. The lowest BCUT2D eigenvalue weighted by molar-refractivity contribution is -0.306. The largest absolute Gasteiger partial charge is 0.548 e. The first kappa shape index (κ1) is 12.4. The van der Waals surface area contributed by atoms with Crippen molar-refractivity contribution in [2.75, 3.05) is 0 Å². The summed E-state index contributed by atoms with van der Waals surface area (Å²) in [7, 11) is 2.70. The summed E-state index contributed by atoms with van der Waals surface area (Å²) in [5.41, 5.74) is -1.24. The van der Waals surface area contributed by atoms with Gasteiger partial charge in [0.05, 0.1) is 12.5 Å². The average Bonchev–Trinajstić information content (AvgIpc) is 2.61. The zero-order valence-corrected chi connectivity index (χ0v) is 10.3. The minimum absolute atomic E-state index is 0.0364.